The van der Waals surface area contributed by atoms with Gasteiger partial charge in [-0.05, 0) is 74.9 Å². The monoisotopic (exact) mass is 469 g/mol. The molecular formula is C13H7BrCl2INO. The van der Waals surface area contributed by atoms with Crippen molar-refractivity contribution < 1.29 is 4.79 Å². The molecule has 2 nitrogen and oxygen atoms in total. The van der Waals surface area contributed by atoms with Gasteiger partial charge in [-0.1, -0.05) is 23.2 Å². The van der Waals surface area contributed by atoms with Crippen molar-refractivity contribution in [3.63, 3.8) is 0 Å². The van der Waals surface area contributed by atoms with Gasteiger partial charge in [0, 0.05) is 23.8 Å². The molecule has 0 aliphatic heterocycles. The lowest BCUT2D eigenvalue weighted by Gasteiger charge is -2.08. The van der Waals surface area contributed by atoms with Crippen LogP contribution < -0.4 is 5.32 Å². The minimum atomic E-state index is -0.219. The molecule has 0 fully saturated rings. The predicted molar refractivity (Wildman–Crippen MR) is 91.3 cm³/mol. The molecule has 2 aromatic carbocycles. The summed E-state index contributed by atoms with van der Waals surface area (Å²) in [6.07, 6.45) is 0. The molecule has 0 saturated carbocycles. The summed E-state index contributed by atoms with van der Waals surface area (Å²) < 4.78 is 1.72. The number of carbonyl (C=O) groups is 1. The zero-order chi connectivity index (χ0) is 14.0. The van der Waals surface area contributed by atoms with Crippen molar-refractivity contribution in [3.8, 4) is 0 Å². The second-order valence-corrected chi connectivity index (χ2v) is 6.71. The summed E-state index contributed by atoms with van der Waals surface area (Å²) in [5, 5.41) is 3.72. The molecule has 0 radical (unpaired) electrons. The number of hydrogen-bond donors (Lipinski definition) is 1. The van der Waals surface area contributed by atoms with Crippen molar-refractivity contribution in [2.24, 2.45) is 0 Å². The van der Waals surface area contributed by atoms with E-state index in [-0.39, 0.29) is 5.91 Å². The number of carbonyl (C=O) groups excluding carboxylic acids is 1. The summed E-state index contributed by atoms with van der Waals surface area (Å²) >= 11 is 17.3. The van der Waals surface area contributed by atoms with Crippen LogP contribution in [-0.2, 0) is 0 Å². The molecule has 2 aromatic rings. The number of benzene rings is 2. The van der Waals surface area contributed by atoms with Crippen molar-refractivity contribution >= 4 is 73.3 Å². The molecule has 0 spiro atoms. The highest BCUT2D eigenvalue weighted by atomic mass is 127. The summed E-state index contributed by atoms with van der Waals surface area (Å²) in [6, 6.07) is 10.5. The predicted octanol–water partition coefficient (Wildman–Crippen LogP) is 5.61. The summed E-state index contributed by atoms with van der Waals surface area (Å²) in [5.74, 6) is -0.219. The maximum absolute atomic E-state index is 12.2. The Labute approximate surface area is 142 Å². The van der Waals surface area contributed by atoms with Crippen molar-refractivity contribution in [1.29, 1.82) is 0 Å². The molecule has 0 heterocycles. The normalized spacial score (nSPS) is 10.3. The molecule has 19 heavy (non-hydrogen) atoms. The first-order valence-electron chi connectivity index (χ1n) is 5.18. The molecule has 2 rings (SSSR count). The highest BCUT2D eigenvalue weighted by molar-refractivity contribution is 14.1. The number of halogens is 4. The van der Waals surface area contributed by atoms with Gasteiger partial charge in [0.2, 0.25) is 0 Å². The second kappa shape index (κ2) is 6.43. The van der Waals surface area contributed by atoms with Crippen LogP contribution in [-0.4, -0.2) is 5.91 Å². The number of rotatable bonds is 2. The average molecular weight is 471 g/mol. The molecule has 0 aliphatic rings. The summed E-state index contributed by atoms with van der Waals surface area (Å²) in [5.41, 5.74) is 1.12. The van der Waals surface area contributed by atoms with E-state index < -0.39 is 0 Å². The molecule has 0 unspecified atom stereocenters. The first kappa shape index (κ1) is 15.1. The van der Waals surface area contributed by atoms with Gasteiger partial charge >= 0.3 is 0 Å². The van der Waals surface area contributed by atoms with Gasteiger partial charge in [-0.2, -0.15) is 0 Å². The summed E-state index contributed by atoms with van der Waals surface area (Å²) in [6.45, 7) is 0. The van der Waals surface area contributed by atoms with E-state index in [1.54, 1.807) is 24.3 Å². The van der Waals surface area contributed by atoms with Gasteiger partial charge in [0.05, 0.1) is 5.56 Å². The third-order valence-electron chi connectivity index (χ3n) is 2.29. The van der Waals surface area contributed by atoms with Crippen molar-refractivity contribution in [2.75, 3.05) is 5.32 Å². The number of hydrogen-bond acceptors (Lipinski definition) is 1. The highest BCUT2D eigenvalue weighted by Gasteiger charge is 2.11. The lowest BCUT2D eigenvalue weighted by atomic mass is 10.2. The fourth-order valence-corrected chi connectivity index (χ4v) is 2.94. The average Bonchev–Trinajstić information content (AvgIpc) is 2.30. The number of nitrogens with one attached hydrogen (secondary N) is 1. The van der Waals surface area contributed by atoms with Crippen LogP contribution in [0.4, 0.5) is 5.69 Å². The molecule has 0 aromatic heterocycles. The van der Waals surface area contributed by atoms with E-state index in [1.165, 1.54) is 0 Å². The lowest BCUT2D eigenvalue weighted by molar-refractivity contribution is 0.102. The molecule has 6 heteroatoms. The Bertz CT molecular complexity index is 628. The summed E-state index contributed by atoms with van der Waals surface area (Å²) in [4.78, 5) is 12.2. The van der Waals surface area contributed by atoms with Crippen molar-refractivity contribution in [1.82, 2.24) is 0 Å². The molecule has 0 atom stereocenters. The highest BCUT2D eigenvalue weighted by Crippen LogP contribution is 2.24. The smallest absolute Gasteiger partial charge is 0.256 e. The fraction of sp³-hybridized carbons (Fsp3) is 0. The quantitative estimate of drug-likeness (QED) is 0.568. The lowest BCUT2D eigenvalue weighted by Crippen LogP contribution is -2.12. The second-order valence-electron chi connectivity index (χ2n) is 3.74. The maximum atomic E-state index is 12.2. The molecule has 0 aliphatic carbocycles. The van der Waals surface area contributed by atoms with Crippen LogP contribution in [0.1, 0.15) is 10.4 Å². The minimum absolute atomic E-state index is 0.219. The zero-order valence-corrected chi connectivity index (χ0v) is 14.6. The van der Waals surface area contributed by atoms with E-state index in [0.717, 1.165) is 8.04 Å². The van der Waals surface area contributed by atoms with Crippen LogP contribution in [0, 0.1) is 3.57 Å². The minimum Gasteiger partial charge on any atom is -0.322 e. The zero-order valence-electron chi connectivity index (χ0n) is 9.38. The first-order valence-corrected chi connectivity index (χ1v) is 7.81. The molecule has 98 valence electrons. The van der Waals surface area contributed by atoms with Crippen LogP contribution in [0.25, 0.3) is 0 Å². The van der Waals surface area contributed by atoms with Gasteiger partial charge in [-0.25, -0.2) is 0 Å². The Morgan fingerprint density at radius 3 is 2.37 bits per heavy atom. The third-order valence-corrected chi connectivity index (χ3v) is 4.09. The Morgan fingerprint density at radius 1 is 1.11 bits per heavy atom. The molecule has 1 amide bonds. The van der Waals surface area contributed by atoms with E-state index in [2.05, 4.69) is 43.8 Å². The standard InChI is InChI=1S/C13H7BrCl2INO/c14-12-2-1-9(17)6-11(12)13(19)18-10-4-7(15)3-8(16)5-10/h1-6H,(H,18,19). The van der Waals surface area contributed by atoms with Gasteiger partial charge in [0.25, 0.3) is 5.91 Å². The summed E-state index contributed by atoms with van der Waals surface area (Å²) in [7, 11) is 0. The van der Waals surface area contributed by atoms with Gasteiger partial charge in [-0.3, -0.25) is 4.79 Å². The van der Waals surface area contributed by atoms with Crippen LogP contribution in [0.15, 0.2) is 40.9 Å². The van der Waals surface area contributed by atoms with E-state index in [0.29, 0.717) is 21.3 Å². The van der Waals surface area contributed by atoms with Crippen LogP contribution in [0.2, 0.25) is 10.0 Å². The Hall–Kier alpha value is -0.300. The van der Waals surface area contributed by atoms with Crippen LogP contribution in [0.3, 0.4) is 0 Å². The molecule has 1 N–H and O–H groups in total. The Morgan fingerprint density at radius 2 is 1.74 bits per heavy atom. The fourth-order valence-electron chi connectivity index (χ4n) is 1.50. The maximum Gasteiger partial charge on any atom is 0.256 e. The van der Waals surface area contributed by atoms with Crippen LogP contribution >= 0.6 is 61.7 Å². The van der Waals surface area contributed by atoms with Crippen molar-refractivity contribution in [2.45, 2.75) is 0 Å². The SMILES string of the molecule is O=C(Nc1cc(Cl)cc(Cl)c1)c1cc(I)ccc1Br. The Kier molecular flexibility index (Phi) is 5.11. The van der Waals surface area contributed by atoms with E-state index in [9.17, 15) is 4.79 Å². The van der Waals surface area contributed by atoms with Gasteiger partial charge in [-0.15, -0.1) is 0 Å². The third kappa shape index (κ3) is 4.08. The first-order chi connectivity index (χ1) is 8.95. The topological polar surface area (TPSA) is 29.1 Å². The van der Waals surface area contributed by atoms with Gasteiger partial charge in [0.1, 0.15) is 0 Å². The van der Waals surface area contributed by atoms with E-state index in [1.807, 2.05) is 12.1 Å². The van der Waals surface area contributed by atoms with Gasteiger partial charge in [0.15, 0.2) is 0 Å². The largest absolute Gasteiger partial charge is 0.322 e. The molecular weight excluding hydrogens is 464 g/mol. The Balaban J connectivity index is 2.28. The molecule has 0 saturated heterocycles. The van der Waals surface area contributed by atoms with E-state index >= 15 is 0 Å². The molecule has 0 bridgehead atoms. The van der Waals surface area contributed by atoms with Gasteiger partial charge < -0.3 is 5.32 Å². The number of anilines is 1. The van der Waals surface area contributed by atoms with Crippen molar-refractivity contribution in [3.05, 3.63) is 60.0 Å². The van der Waals surface area contributed by atoms with Crippen LogP contribution in [0.5, 0.6) is 0 Å². The number of amides is 1. The van der Waals surface area contributed by atoms with E-state index in [4.69, 9.17) is 23.2 Å².